The van der Waals surface area contributed by atoms with Crippen molar-refractivity contribution in [3.8, 4) is 0 Å². The van der Waals surface area contributed by atoms with E-state index in [0.29, 0.717) is 36.0 Å². The molecule has 1 aliphatic rings. The Morgan fingerprint density at radius 1 is 1.32 bits per heavy atom. The van der Waals surface area contributed by atoms with Crippen LogP contribution in [0.2, 0.25) is 5.15 Å². The zero-order chi connectivity index (χ0) is 15.9. The number of nitrogens with zero attached hydrogens (tertiary/aromatic N) is 3. The first-order valence-electron chi connectivity index (χ1n) is 7.56. The molecule has 1 aliphatic heterocycles. The number of hydrogen-bond donors (Lipinski definition) is 3. The number of aliphatic hydroxyl groups excluding tert-OH is 1. The zero-order valence-electron chi connectivity index (χ0n) is 12.8. The molecular weight excluding hydrogens is 325 g/mol. The highest BCUT2D eigenvalue weighted by atomic mass is 35.5. The smallest absolute Gasteiger partial charge is 0.226 e. The molecule has 0 radical (unpaired) electrons. The van der Waals surface area contributed by atoms with E-state index >= 15 is 0 Å². The predicted molar refractivity (Wildman–Crippen MR) is 91.2 cm³/mol. The third kappa shape index (κ3) is 4.84. The highest BCUT2D eigenvalue weighted by molar-refractivity contribution is 6.30. The summed E-state index contributed by atoms with van der Waals surface area (Å²) in [4.78, 5) is 11.0. The molecule has 124 valence electrons. The van der Waals surface area contributed by atoms with Crippen LogP contribution in [0.15, 0.2) is 0 Å². The molecule has 8 heteroatoms. The maximum absolute atomic E-state index is 8.90. The van der Waals surface area contributed by atoms with Crippen molar-refractivity contribution in [2.75, 3.05) is 49.8 Å². The lowest BCUT2D eigenvalue weighted by Gasteiger charge is -2.30. The molecule has 0 aliphatic carbocycles. The van der Waals surface area contributed by atoms with Crippen LogP contribution in [0, 0.1) is 0 Å². The first kappa shape index (κ1) is 17.5. The monoisotopic (exact) mass is 347 g/mol. The summed E-state index contributed by atoms with van der Waals surface area (Å²) in [5.74, 6) is 1.64. The van der Waals surface area contributed by atoms with E-state index in [1.165, 1.54) is 0 Å². The molecule has 0 atom stereocenters. The molecule has 0 unspecified atom stereocenters. The van der Waals surface area contributed by atoms with Gasteiger partial charge < -0.3 is 20.6 Å². The number of piperidine rings is 1. The Kier molecular flexibility index (Phi) is 6.95. The Labute approximate surface area is 141 Å². The number of alkyl halides is 1. The standard InChI is InChI=1S/C14H23Cl2N5O/c1-21-7-3-10(4-8-21)18-13-11(2-5-15)12(16)19-14(20-13)17-6-9-22/h10,22H,2-9H2,1H3,(H2,17,18,19,20). The summed E-state index contributed by atoms with van der Waals surface area (Å²) in [7, 11) is 2.13. The van der Waals surface area contributed by atoms with Gasteiger partial charge in [0.15, 0.2) is 0 Å². The molecule has 0 spiro atoms. The van der Waals surface area contributed by atoms with Crippen molar-refractivity contribution in [1.29, 1.82) is 0 Å². The Morgan fingerprint density at radius 3 is 2.68 bits per heavy atom. The molecule has 3 N–H and O–H groups in total. The normalized spacial score (nSPS) is 16.7. The summed E-state index contributed by atoms with van der Waals surface area (Å²) in [6.07, 6.45) is 2.76. The molecule has 0 aromatic carbocycles. The first-order chi connectivity index (χ1) is 10.6. The maximum atomic E-state index is 8.90. The highest BCUT2D eigenvalue weighted by Crippen LogP contribution is 2.26. The molecule has 1 fully saturated rings. The van der Waals surface area contributed by atoms with Gasteiger partial charge in [0, 0.05) is 24.0 Å². The summed E-state index contributed by atoms with van der Waals surface area (Å²) in [5.41, 5.74) is 0.852. The summed E-state index contributed by atoms with van der Waals surface area (Å²) in [5, 5.41) is 15.8. The van der Waals surface area contributed by atoms with Crippen LogP contribution < -0.4 is 10.6 Å². The van der Waals surface area contributed by atoms with Crippen molar-refractivity contribution < 1.29 is 5.11 Å². The third-order valence-electron chi connectivity index (χ3n) is 3.76. The van der Waals surface area contributed by atoms with E-state index in [2.05, 4.69) is 32.5 Å². The van der Waals surface area contributed by atoms with Crippen LogP contribution in [0.25, 0.3) is 0 Å². The minimum atomic E-state index is 0.0160. The van der Waals surface area contributed by atoms with E-state index in [0.717, 1.165) is 37.3 Å². The first-order valence-corrected chi connectivity index (χ1v) is 8.47. The Balaban J connectivity index is 2.16. The number of hydrogen-bond acceptors (Lipinski definition) is 6. The fourth-order valence-electron chi connectivity index (χ4n) is 2.49. The zero-order valence-corrected chi connectivity index (χ0v) is 14.3. The Bertz CT molecular complexity index is 481. The number of aromatic nitrogens is 2. The summed E-state index contributed by atoms with van der Waals surface area (Å²) in [6, 6.07) is 0.377. The summed E-state index contributed by atoms with van der Waals surface area (Å²) >= 11 is 12.1. The lowest BCUT2D eigenvalue weighted by molar-refractivity contribution is 0.263. The van der Waals surface area contributed by atoms with Gasteiger partial charge >= 0.3 is 0 Å². The van der Waals surface area contributed by atoms with Crippen LogP contribution in [-0.2, 0) is 6.42 Å². The summed E-state index contributed by atoms with van der Waals surface area (Å²) < 4.78 is 0. The molecule has 22 heavy (non-hydrogen) atoms. The lowest BCUT2D eigenvalue weighted by atomic mass is 10.1. The van der Waals surface area contributed by atoms with Crippen LogP contribution in [-0.4, -0.2) is 65.2 Å². The van der Waals surface area contributed by atoms with Gasteiger partial charge in [-0.1, -0.05) is 11.6 Å². The van der Waals surface area contributed by atoms with E-state index in [4.69, 9.17) is 28.3 Å². The van der Waals surface area contributed by atoms with Gasteiger partial charge in [-0.25, -0.2) is 4.98 Å². The van der Waals surface area contributed by atoms with Crippen LogP contribution >= 0.6 is 23.2 Å². The Hall–Kier alpha value is -0.820. The second kappa shape index (κ2) is 8.72. The third-order valence-corrected chi connectivity index (χ3v) is 4.26. The van der Waals surface area contributed by atoms with E-state index in [1.807, 2.05) is 0 Å². The molecule has 2 heterocycles. The minimum absolute atomic E-state index is 0.0160. The van der Waals surface area contributed by atoms with Crippen molar-refractivity contribution in [2.45, 2.75) is 25.3 Å². The number of aliphatic hydroxyl groups is 1. The number of likely N-dealkylation sites (tertiary alicyclic amines) is 1. The quantitative estimate of drug-likeness (QED) is 0.516. The fraction of sp³-hybridized carbons (Fsp3) is 0.714. The SMILES string of the molecule is CN1CCC(Nc2nc(NCCO)nc(Cl)c2CCCl)CC1. The van der Waals surface area contributed by atoms with E-state index < -0.39 is 0 Å². The molecule has 0 saturated carbocycles. The molecule has 1 saturated heterocycles. The van der Waals surface area contributed by atoms with Gasteiger partial charge in [0.1, 0.15) is 11.0 Å². The molecule has 2 rings (SSSR count). The molecular formula is C14H23Cl2N5O. The van der Waals surface area contributed by atoms with Gasteiger partial charge in [0.2, 0.25) is 5.95 Å². The summed E-state index contributed by atoms with van der Waals surface area (Å²) in [6.45, 7) is 2.54. The van der Waals surface area contributed by atoms with E-state index in [9.17, 15) is 0 Å². The van der Waals surface area contributed by atoms with Gasteiger partial charge in [0.25, 0.3) is 0 Å². The van der Waals surface area contributed by atoms with E-state index in [-0.39, 0.29) is 6.61 Å². The molecule has 1 aromatic heterocycles. The van der Waals surface area contributed by atoms with Gasteiger partial charge in [-0.3, -0.25) is 0 Å². The van der Waals surface area contributed by atoms with Gasteiger partial charge in [0.05, 0.1) is 6.61 Å². The average molecular weight is 348 g/mol. The van der Waals surface area contributed by atoms with Gasteiger partial charge in [-0.15, -0.1) is 11.6 Å². The maximum Gasteiger partial charge on any atom is 0.226 e. The van der Waals surface area contributed by atoms with Crippen LogP contribution in [0.4, 0.5) is 11.8 Å². The minimum Gasteiger partial charge on any atom is -0.395 e. The number of anilines is 2. The molecule has 0 bridgehead atoms. The van der Waals surface area contributed by atoms with E-state index in [1.54, 1.807) is 0 Å². The fourth-order valence-corrected chi connectivity index (χ4v) is 2.94. The number of rotatable bonds is 7. The number of halogens is 2. The highest BCUT2D eigenvalue weighted by Gasteiger charge is 2.20. The lowest BCUT2D eigenvalue weighted by Crippen LogP contribution is -2.37. The Morgan fingerprint density at radius 2 is 2.05 bits per heavy atom. The molecule has 6 nitrogen and oxygen atoms in total. The number of nitrogens with one attached hydrogen (secondary N) is 2. The second-order valence-electron chi connectivity index (χ2n) is 5.48. The van der Waals surface area contributed by atoms with Gasteiger partial charge in [-0.05, 0) is 39.4 Å². The van der Waals surface area contributed by atoms with Crippen molar-refractivity contribution in [1.82, 2.24) is 14.9 Å². The van der Waals surface area contributed by atoms with Crippen molar-refractivity contribution in [2.24, 2.45) is 0 Å². The molecule has 0 amide bonds. The van der Waals surface area contributed by atoms with Crippen molar-refractivity contribution in [3.05, 3.63) is 10.7 Å². The van der Waals surface area contributed by atoms with Crippen molar-refractivity contribution >= 4 is 35.0 Å². The topological polar surface area (TPSA) is 73.3 Å². The van der Waals surface area contributed by atoms with Crippen LogP contribution in [0.1, 0.15) is 18.4 Å². The van der Waals surface area contributed by atoms with Crippen LogP contribution in [0.3, 0.4) is 0 Å². The molecule has 1 aromatic rings. The van der Waals surface area contributed by atoms with Gasteiger partial charge in [-0.2, -0.15) is 4.98 Å². The van der Waals surface area contributed by atoms with Crippen molar-refractivity contribution in [3.63, 3.8) is 0 Å². The van der Waals surface area contributed by atoms with Crippen LogP contribution in [0.5, 0.6) is 0 Å². The average Bonchev–Trinajstić information content (AvgIpc) is 2.51. The predicted octanol–water partition coefficient (Wildman–Crippen LogP) is 1.82. The largest absolute Gasteiger partial charge is 0.395 e. The second-order valence-corrected chi connectivity index (χ2v) is 6.21.